The van der Waals surface area contributed by atoms with Gasteiger partial charge in [0.15, 0.2) is 0 Å². The summed E-state index contributed by atoms with van der Waals surface area (Å²) in [7, 11) is 0. The second kappa shape index (κ2) is 7.46. The van der Waals surface area contributed by atoms with Crippen molar-refractivity contribution in [2.45, 2.75) is 38.8 Å². The van der Waals surface area contributed by atoms with Crippen molar-refractivity contribution in [3.63, 3.8) is 0 Å². The van der Waals surface area contributed by atoms with E-state index in [1.165, 1.54) is 11.1 Å². The number of nitrogens with two attached hydrogens (primary N) is 1. The minimum Gasteiger partial charge on any atom is -0.354 e. The summed E-state index contributed by atoms with van der Waals surface area (Å²) < 4.78 is 0. The van der Waals surface area contributed by atoms with Crippen molar-refractivity contribution in [2.24, 2.45) is 5.73 Å². The Morgan fingerprint density at radius 1 is 1.22 bits per heavy atom. The predicted molar refractivity (Wildman–Crippen MR) is 89.8 cm³/mol. The molecule has 0 aromatic heterocycles. The van der Waals surface area contributed by atoms with Crippen LogP contribution in [0.3, 0.4) is 0 Å². The highest BCUT2D eigenvalue weighted by Gasteiger charge is 2.20. The van der Waals surface area contributed by atoms with Gasteiger partial charge in [-0.3, -0.25) is 4.79 Å². The highest BCUT2D eigenvalue weighted by molar-refractivity contribution is 5.78. The van der Waals surface area contributed by atoms with E-state index in [-0.39, 0.29) is 18.4 Å². The standard InChI is InChI=1S/C17H26N4O2/c1-17(2,18)12-20-15(22)7-9-19-16(23)21-10-8-13-5-3-4-6-14(13)11-21/h3-6H,7-12,18H2,1-2H3,(H,19,23)(H,20,22). The molecule has 6 heteroatoms. The third kappa shape index (κ3) is 5.56. The van der Waals surface area contributed by atoms with Crippen LogP contribution in [0, 0.1) is 0 Å². The van der Waals surface area contributed by atoms with Crippen LogP contribution in [0.4, 0.5) is 4.79 Å². The highest BCUT2D eigenvalue weighted by Crippen LogP contribution is 2.18. The van der Waals surface area contributed by atoms with E-state index in [1.807, 2.05) is 26.0 Å². The number of benzene rings is 1. The second-order valence-electron chi connectivity index (χ2n) is 6.69. The molecular formula is C17H26N4O2. The van der Waals surface area contributed by atoms with E-state index < -0.39 is 5.54 Å². The third-order valence-electron chi connectivity index (χ3n) is 3.79. The normalized spacial score (nSPS) is 14.1. The quantitative estimate of drug-likeness (QED) is 0.757. The first-order valence-electron chi connectivity index (χ1n) is 8.00. The summed E-state index contributed by atoms with van der Waals surface area (Å²) >= 11 is 0. The fourth-order valence-electron chi connectivity index (χ4n) is 2.48. The van der Waals surface area contributed by atoms with Gasteiger partial charge < -0.3 is 21.3 Å². The van der Waals surface area contributed by atoms with E-state index in [0.29, 0.717) is 26.2 Å². The highest BCUT2D eigenvalue weighted by atomic mass is 16.2. The Kier molecular flexibility index (Phi) is 5.60. The van der Waals surface area contributed by atoms with Gasteiger partial charge in [-0.25, -0.2) is 4.79 Å². The topological polar surface area (TPSA) is 87.5 Å². The molecule has 2 rings (SSSR count). The number of rotatable bonds is 5. The molecule has 0 fully saturated rings. The van der Waals surface area contributed by atoms with Crippen LogP contribution < -0.4 is 16.4 Å². The van der Waals surface area contributed by atoms with E-state index in [0.717, 1.165) is 6.42 Å². The van der Waals surface area contributed by atoms with E-state index in [4.69, 9.17) is 5.73 Å². The SMILES string of the molecule is CC(C)(N)CNC(=O)CCNC(=O)N1CCc2ccccc2C1. The summed E-state index contributed by atoms with van der Waals surface area (Å²) in [6.07, 6.45) is 1.13. The number of carbonyl (C=O) groups excluding carboxylic acids is 2. The first-order valence-corrected chi connectivity index (χ1v) is 8.00. The molecule has 6 nitrogen and oxygen atoms in total. The fourth-order valence-corrected chi connectivity index (χ4v) is 2.48. The number of urea groups is 1. The van der Waals surface area contributed by atoms with Crippen LogP contribution in [0.15, 0.2) is 24.3 Å². The largest absolute Gasteiger partial charge is 0.354 e. The molecule has 0 saturated carbocycles. The maximum atomic E-state index is 12.2. The lowest BCUT2D eigenvalue weighted by Crippen LogP contribution is -2.46. The van der Waals surface area contributed by atoms with Gasteiger partial charge in [0, 0.05) is 38.1 Å². The number of carbonyl (C=O) groups is 2. The average molecular weight is 318 g/mol. The van der Waals surface area contributed by atoms with Crippen LogP contribution in [-0.4, -0.2) is 42.0 Å². The molecule has 0 radical (unpaired) electrons. The molecule has 126 valence electrons. The predicted octanol–water partition coefficient (Wildman–Crippen LogP) is 0.998. The first-order chi connectivity index (χ1) is 10.8. The zero-order chi connectivity index (χ0) is 16.9. The van der Waals surface area contributed by atoms with Gasteiger partial charge in [-0.1, -0.05) is 24.3 Å². The average Bonchev–Trinajstić information content (AvgIpc) is 2.51. The maximum Gasteiger partial charge on any atom is 0.317 e. The lowest BCUT2D eigenvalue weighted by molar-refractivity contribution is -0.121. The van der Waals surface area contributed by atoms with Crippen molar-refractivity contribution in [2.75, 3.05) is 19.6 Å². The van der Waals surface area contributed by atoms with Crippen molar-refractivity contribution in [3.05, 3.63) is 35.4 Å². The van der Waals surface area contributed by atoms with Gasteiger partial charge in [-0.05, 0) is 31.4 Å². The van der Waals surface area contributed by atoms with Gasteiger partial charge in [-0.15, -0.1) is 0 Å². The van der Waals surface area contributed by atoms with Crippen molar-refractivity contribution < 1.29 is 9.59 Å². The van der Waals surface area contributed by atoms with Crippen LogP contribution in [0.2, 0.25) is 0 Å². The zero-order valence-electron chi connectivity index (χ0n) is 13.9. The molecule has 1 aliphatic heterocycles. The Balaban J connectivity index is 1.71. The smallest absolute Gasteiger partial charge is 0.317 e. The van der Waals surface area contributed by atoms with Crippen LogP contribution in [0.1, 0.15) is 31.4 Å². The van der Waals surface area contributed by atoms with Crippen LogP contribution in [-0.2, 0) is 17.8 Å². The van der Waals surface area contributed by atoms with Crippen molar-refractivity contribution in [1.29, 1.82) is 0 Å². The van der Waals surface area contributed by atoms with E-state index in [2.05, 4.69) is 22.8 Å². The number of nitrogens with zero attached hydrogens (tertiary/aromatic N) is 1. The van der Waals surface area contributed by atoms with Crippen LogP contribution in [0.25, 0.3) is 0 Å². The van der Waals surface area contributed by atoms with E-state index in [1.54, 1.807) is 4.90 Å². The van der Waals surface area contributed by atoms with Crippen molar-refractivity contribution >= 4 is 11.9 Å². The summed E-state index contributed by atoms with van der Waals surface area (Å²) in [6.45, 7) is 5.77. The number of amides is 3. The minimum atomic E-state index is -0.430. The van der Waals surface area contributed by atoms with Crippen LogP contribution in [0.5, 0.6) is 0 Å². The monoisotopic (exact) mass is 318 g/mol. The summed E-state index contributed by atoms with van der Waals surface area (Å²) in [5, 5.41) is 5.57. The Bertz CT molecular complexity index is 566. The molecule has 23 heavy (non-hydrogen) atoms. The first kappa shape index (κ1) is 17.3. The number of hydrogen-bond donors (Lipinski definition) is 3. The zero-order valence-corrected chi connectivity index (χ0v) is 13.9. The molecule has 0 unspecified atom stereocenters. The van der Waals surface area contributed by atoms with Gasteiger partial charge in [0.05, 0.1) is 0 Å². The second-order valence-corrected chi connectivity index (χ2v) is 6.69. The molecule has 0 bridgehead atoms. The lowest BCUT2D eigenvalue weighted by Gasteiger charge is -2.29. The molecule has 0 spiro atoms. The molecule has 1 aromatic carbocycles. The van der Waals surface area contributed by atoms with Gasteiger partial charge in [-0.2, -0.15) is 0 Å². The van der Waals surface area contributed by atoms with E-state index >= 15 is 0 Å². The molecule has 0 saturated heterocycles. The van der Waals surface area contributed by atoms with Crippen molar-refractivity contribution in [1.82, 2.24) is 15.5 Å². The number of hydrogen-bond acceptors (Lipinski definition) is 3. The van der Waals surface area contributed by atoms with Gasteiger partial charge >= 0.3 is 6.03 Å². The Hall–Kier alpha value is -2.08. The third-order valence-corrected chi connectivity index (χ3v) is 3.79. The fraction of sp³-hybridized carbons (Fsp3) is 0.529. The van der Waals surface area contributed by atoms with Gasteiger partial charge in [0.2, 0.25) is 5.91 Å². The molecule has 0 atom stereocenters. The van der Waals surface area contributed by atoms with Gasteiger partial charge in [0.1, 0.15) is 0 Å². The molecule has 0 aliphatic carbocycles. The number of nitrogens with one attached hydrogen (secondary N) is 2. The Morgan fingerprint density at radius 3 is 2.61 bits per heavy atom. The molecule has 3 amide bonds. The minimum absolute atomic E-state index is 0.104. The number of fused-ring (bicyclic) bond motifs is 1. The lowest BCUT2D eigenvalue weighted by atomic mass is 10.0. The Morgan fingerprint density at radius 2 is 1.91 bits per heavy atom. The summed E-state index contributed by atoms with van der Waals surface area (Å²) in [5.41, 5.74) is 7.87. The summed E-state index contributed by atoms with van der Waals surface area (Å²) in [4.78, 5) is 25.6. The molecule has 1 aromatic rings. The van der Waals surface area contributed by atoms with Crippen molar-refractivity contribution in [3.8, 4) is 0 Å². The van der Waals surface area contributed by atoms with Gasteiger partial charge in [0.25, 0.3) is 0 Å². The molecule has 4 N–H and O–H groups in total. The Labute approximate surface area is 137 Å². The maximum absolute atomic E-state index is 12.2. The molecule has 1 aliphatic rings. The van der Waals surface area contributed by atoms with E-state index in [9.17, 15) is 9.59 Å². The molecular weight excluding hydrogens is 292 g/mol. The molecule has 1 heterocycles. The van der Waals surface area contributed by atoms with Crippen LogP contribution >= 0.6 is 0 Å². The summed E-state index contributed by atoms with van der Waals surface area (Å²) in [6, 6.07) is 8.05. The summed E-state index contributed by atoms with van der Waals surface area (Å²) in [5.74, 6) is -0.104.